The zero-order valence-corrected chi connectivity index (χ0v) is 15.7. The molecule has 0 fully saturated rings. The first kappa shape index (κ1) is 17.8. The number of para-hydroxylation sites is 1. The molecule has 0 spiro atoms. The second-order valence-corrected chi connectivity index (χ2v) is 7.78. The third kappa shape index (κ3) is 5.21. The minimum Gasteiger partial charge on any atom is -0.494 e. The molecule has 1 heterocycles. The SMILES string of the molecule is CCOc1ccc(NC(=O)CCCSc2nc3ccccc3s2)cc1. The van der Waals surface area contributed by atoms with Gasteiger partial charge in [0.15, 0.2) is 4.34 Å². The number of anilines is 1. The third-order valence-electron chi connectivity index (χ3n) is 3.50. The van der Waals surface area contributed by atoms with Crippen molar-refractivity contribution in [3.63, 3.8) is 0 Å². The Morgan fingerprint density at radius 1 is 1.20 bits per heavy atom. The van der Waals surface area contributed by atoms with E-state index in [9.17, 15) is 4.79 Å². The lowest BCUT2D eigenvalue weighted by Gasteiger charge is -2.07. The predicted octanol–water partition coefficient (Wildman–Crippen LogP) is 5.21. The average molecular weight is 373 g/mol. The standard InChI is InChI=1S/C19H20N2O2S2/c1-2-23-15-11-9-14(10-12-15)20-18(22)8-5-13-24-19-21-16-6-3-4-7-17(16)25-19/h3-4,6-7,9-12H,2,5,8,13H2,1H3,(H,20,22). The van der Waals surface area contributed by atoms with Crippen molar-refractivity contribution in [1.82, 2.24) is 4.98 Å². The molecule has 0 aliphatic carbocycles. The monoisotopic (exact) mass is 372 g/mol. The summed E-state index contributed by atoms with van der Waals surface area (Å²) in [5, 5.41) is 2.91. The lowest BCUT2D eigenvalue weighted by molar-refractivity contribution is -0.116. The number of fused-ring (bicyclic) bond motifs is 1. The summed E-state index contributed by atoms with van der Waals surface area (Å²) < 4.78 is 7.66. The van der Waals surface area contributed by atoms with Gasteiger partial charge in [-0.25, -0.2) is 4.98 Å². The molecule has 0 aliphatic heterocycles. The van der Waals surface area contributed by atoms with Crippen LogP contribution in [-0.4, -0.2) is 23.3 Å². The van der Waals surface area contributed by atoms with Crippen LogP contribution in [0.3, 0.4) is 0 Å². The van der Waals surface area contributed by atoms with Gasteiger partial charge in [0.2, 0.25) is 5.91 Å². The van der Waals surface area contributed by atoms with Gasteiger partial charge in [-0.15, -0.1) is 11.3 Å². The molecule has 0 saturated heterocycles. The molecule has 25 heavy (non-hydrogen) atoms. The molecule has 1 aromatic heterocycles. The van der Waals surface area contributed by atoms with Crippen LogP contribution in [0.1, 0.15) is 19.8 Å². The van der Waals surface area contributed by atoms with Crippen molar-refractivity contribution < 1.29 is 9.53 Å². The van der Waals surface area contributed by atoms with E-state index in [1.54, 1.807) is 23.1 Å². The number of ether oxygens (including phenoxy) is 1. The molecule has 3 rings (SSSR count). The smallest absolute Gasteiger partial charge is 0.224 e. The topological polar surface area (TPSA) is 51.2 Å². The maximum atomic E-state index is 12.0. The zero-order chi connectivity index (χ0) is 17.5. The van der Waals surface area contributed by atoms with Gasteiger partial charge in [-0.05, 0) is 49.7 Å². The summed E-state index contributed by atoms with van der Waals surface area (Å²) in [5.41, 5.74) is 1.84. The van der Waals surface area contributed by atoms with E-state index in [2.05, 4.69) is 16.4 Å². The number of benzene rings is 2. The van der Waals surface area contributed by atoms with Gasteiger partial charge in [0, 0.05) is 17.9 Å². The largest absolute Gasteiger partial charge is 0.494 e. The average Bonchev–Trinajstić information content (AvgIpc) is 3.03. The number of thioether (sulfide) groups is 1. The summed E-state index contributed by atoms with van der Waals surface area (Å²) in [5.74, 6) is 1.73. The van der Waals surface area contributed by atoms with E-state index in [-0.39, 0.29) is 5.91 Å². The van der Waals surface area contributed by atoms with Crippen LogP contribution in [0, 0.1) is 0 Å². The fourth-order valence-corrected chi connectivity index (χ4v) is 4.41. The molecule has 0 atom stereocenters. The summed E-state index contributed by atoms with van der Waals surface area (Å²) in [6.07, 6.45) is 1.33. The zero-order valence-electron chi connectivity index (χ0n) is 14.0. The van der Waals surface area contributed by atoms with E-state index < -0.39 is 0 Å². The molecule has 6 heteroatoms. The molecule has 0 radical (unpaired) electrons. The van der Waals surface area contributed by atoms with Crippen LogP contribution in [0.5, 0.6) is 5.75 Å². The number of carbonyl (C=O) groups excluding carboxylic acids is 1. The van der Waals surface area contributed by atoms with Crippen LogP contribution in [0.4, 0.5) is 5.69 Å². The summed E-state index contributed by atoms with van der Waals surface area (Å²) >= 11 is 3.42. The lowest BCUT2D eigenvalue weighted by Crippen LogP contribution is -2.11. The fourth-order valence-electron chi connectivity index (χ4n) is 2.33. The Hall–Kier alpha value is -2.05. The number of nitrogens with zero attached hydrogens (tertiary/aromatic N) is 1. The lowest BCUT2D eigenvalue weighted by atomic mass is 10.2. The van der Waals surface area contributed by atoms with Crippen molar-refractivity contribution in [2.24, 2.45) is 0 Å². The third-order valence-corrected chi connectivity index (χ3v) is 5.76. The van der Waals surface area contributed by atoms with Crippen LogP contribution < -0.4 is 10.1 Å². The maximum absolute atomic E-state index is 12.0. The van der Waals surface area contributed by atoms with Crippen molar-refractivity contribution >= 4 is 44.9 Å². The first-order chi connectivity index (χ1) is 12.2. The van der Waals surface area contributed by atoms with Gasteiger partial charge in [0.05, 0.1) is 16.8 Å². The predicted molar refractivity (Wildman–Crippen MR) is 106 cm³/mol. The fraction of sp³-hybridized carbons (Fsp3) is 0.263. The number of aromatic nitrogens is 1. The van der Waals surface area contributed by atoms with Crippen LogP contribution >= 0.6 is 23.1 Å². The van der Waals surface area contributed by atoms with Gasteiger partial charge in [0.25, 0.3) is 0 Å². The summed E-state index contributed by atoms with van der Waals surface area (Å²) in [6.45, 7) is 2.58. The molecule has 0 unspecified atom stereocenters. The Morgan fingerprint density at radius 3 is 2.76 bits per heavy atom. The molecule has 0 aliphatic rings. The minimum absolute atomic E-state index is 0.0362. The van der Waals surface area contributed by atoms with Gasteiger partial charge < -0.3 is 10.1 Å². The van der Waals surface area contributed by atoms with Gasteiger partial charge in [-0.1, -0.05) is 23.9 Å². The molecule has 4 nitrogen and oxygen atoms in total. The molecule has 3 aromatic rings. The van der Waals surface area contributed by atoms with Crippen LogP contribution in [0.2, 0.25) is 0 Å². The Morgan fingerprint density at radius 2 is 2.00 bits per heavy atom. The summed E-state index contributed by atoms with van der Waals surface area (Å²) in [6, 6.07) is 15.6. The number of rotatable bonds is 8. The highest BCUT2D eigenvalue weighted by Crippen LogP contribution is 2.29. The molecular formula is C19H20N2O2S2. The summed E-state index contributed by atoms with van der Waals surface area (Å²) in [4.78, 5) is 16.6. The summed E-state index contributed by atoms with van der Waals surface area (Å²) in [7, 11) is 0. The van der Waals surface area contributed by atoms with E-state index in [1.165, 1.54) is 4.70 Å². The number of hydrogen-bond donors (Lipinski definition) is 1. The van der Waals surface area contributed by atoms with Gasteiger partial charge in [0.1, 0.15) is 5.75 Å². The normalized spacial score (nSPS) is 10.8. The Kier molecular flexibility index (Phi) is 6.30. The second-order valence-electron chi connectivity index (χ2n) is 5.41. The highest BCUT2D eigenvalue weighted by molar-refractivity contribution is 8.01. The van der Waals surface area contributed by atoms with Crippen molar-refractivity contribution in [1.29, 1.82) is 0 Å². The second kappa shape index (κ2) is 8.87. The Labute approximate surface area is 155 Å². The number of carbonyl (C=O) groups is 1. The molecule has 1 N–H and O–H groups in total. The van der Waals surface area contributed by atoms with Crippen LogP contribution in [-0.2, 0) is 4.79 Å². The van der Waals surface area contributed by atoms with E-state index >= 15 is 0 Å². The number of nitrogens with one attached hydrogen (secondary N) is 1. The minimum atomic E-state index is 0.0362. The number of thiazole rings is 1. The van der Waals surface area contributed by atoms with Crippen LogP contribution in [0.25, 0.3) is 10.2 Å². The van der Waals surface area contributed by atoms with E-state index in [4.69, 9.17) is 4.74 Å². The first-order valence-electron chi connectivity index (χ1n) is 8.25. The molecule has 1 amide bonds. The Bertz CT molecular complexity index is 798. The molecule has 0 saturated carbocycles. The van der Waals surface area contributed by atoms with Crippen LogP contribution in [0.15, 0.2) is 52.9 Å². The van der Waals surface area contributed by atoms with E-state index in [0.717, 1.165) is 33.5 Å². The number of hydrogen-bond acceptors (Lipinski definition) is 5. The molecule has 2 aromatic carbocycles. The highest BCUT2D eigenvalue weighted by atomic mass is 32.2. The molecular weight excluding hydrogens is 352 g/mol. The van der Waals surface area contributed by atoms with Crippen molar-refractivity contribution in [2.45, 2.75) is 24.1 Å². The Balaban J connectivity index is 1.40. The van der Waals surface area contributed by atoms with Crippen molar-refractivity contribution in [2.75, 3.05) is 17.7 Å². The van der Waals surface area contributed by atoms with E-state index in [1.807, 2.05) is 49.4 Å². The van der Waals surface area contributed by atoms with Crippen molar-refractivity contribution in [3.8, 4) is 5.75 Å². The van der Waals surface area contributed by atoms with E-state index in [0.29, 0.717) is 13.0 Å². The van der Waals surface area contributed by atoms with Crippen molar-refractivity contribution in [3.05, 3.63) is 48.5 Å². The highest BCUT2D eigenvalue weighted by Gasteiger charge is 2.06. The molecule has 130 valence electrons. The number of amides is 1. The maximum Gasteiger partial charge on any atom is 0.224 e. The van der Waals surface area contributed by atoms with Gasteiger partial charge in [-0.2, -0.15) is 0 Å². The first-order valence-corrected chi connectivity index (χ1v) is 10.1. The molecule has 0 bridgehead atoms. The van der Waals surface area contributed by atoms with Gasteiger partial charge in [-0.3, -0.25) is 4.79 Å². The quantitative estimate of drug-likeness (QED) is 0.436. The van der Waals surface area contributed by atoms with Gasteiger partial charge >= 0.3 is 0 Å².